The first-order chi connectivity index (χ1) is 12.6. The van der Waals surface area contributed by atoms with Crippen LogP contribution in [-0.2, 0) is 0 Å². The smallest absolute Gasteiger partial charge is 0.251 e. The number of piperidine rings is 1. The summed E-state index contributed by atoms with van der Waals surface area (Å²) in [6, 6.07) is 15.3. The van der Waals surface area contributed by atoms with Crippen molar-refractivity contribution in [1.29, 1.82) is 0 Å². The quantitative estimate of drug-likeness (QED) is 0.635. The molecule has 4 rings (SSSR count). The van der Waals surface area contributed by atoms with Gasteiger partial charge in [0, 0.05) is 23.8 Å². The van der Waals surface area contributed by atoms with Crippen LogP contribution in [0.3, 0.4) is 0 Å². The van der Waals surface area contributed by atoms with Crippen LogP contribution in [0, 0.1) is 0 Å². The Morgan fingerprint density at radius 3 is 2.77 bits per heavy atom. The Hall–Kier alpha value is -2.86. The maximum atomic E-state index is 12.5. The summed E-state index contributed by atoms with van der Waals surface area (Å²) in [5.41, 5.74) is 9.01. The molecule has 0 spiro atoms. The summed E-state index contributed by atoms with van der Waals surface area (Å²) in [7, 11) is 2.11. The number of hydrogen-bond acceptors (Lipinski definition) is 4. The van der Waals surface area contributed by atoms with Crippen LogP contribution in [0.2, 0.25) is 0 Å². The summed E-state index contributed by atoms with van der Waals surface area (Å²) in [5, 5.41) is 3.16. The summed E-state index contributed by atoms with van der Waals surface area (Å²) in [4.78, 5) is 23.0. The van der Waals surface area contributed by atoms with Crippen molar-refractivity contribution >= 4 is 22.6 Å². The number of H-pyrrole nitrogens is 1. The third kappa shape index (κ3) is 3.28. The number of rotatable bonds is 3. The van der Waals surface area contributed by atoms with Gasteiger partial charge < -0.3 is 16.0 Å². The monoisotopic (exact) mass is 349 g/mol. The van der Waals surface area contributed by atoms with Gasteiger partial charge in [0.05, 0.1) is 17.1 Å². The highest BCUT2D eigenvalue weighted by Gasteiger charge is 2.30. The van der Waals surface area contributed by atoms with Gasteiger partial charge in [-0.15, -0.1) is 0 Å². The van der Waals surface area contributed by atoms with E-state index in [1.807, 2.05) is 24.3 Å². The zero-order valence-electron chi connectivity index (χ0n) is 14.8. The van der Waals surface area contributed by atoms with E-state index in [4.69, 9.17) is 10.7 Å². The van der Waals surface area contributed by atoms with Crippen molar-refractivity contribution in [1.82, 2.24) is 20.2 Å². The molecule has 4 N–H and O–H groups in total. The second-order valence-electron chi connectivity index (χ2n) is 6.95. The van der Waals surface area contributed by atoms with E-state index in [-0.39, 0.29) is 18.0 Å². The van der Waals surface area contributed by atoms with E-state index >= 15 is 0 Å². The molecule has 134 valence electrons. The van der Waals surface area contributed by atoms with Crippen LogP contribution in [0.1, 0.15) is 35.1 Å². The van der Waals surface area contributed by atoms with Crippen molar-refractivity contribution in [2.24, 2.45) is 0 Å². The molecule has 1 unspecified atom stereocenters. The van der Waals surface area contributed by atoms with Crippen LogP contribution in [0.25, 0.3) is 11.0 Å². The Balaban J connectivity index is 1.49. The minimum Gasteiger partial charge on any atom is -0.399 e. The highest BCUT2D eigenvalue weighted by molar-refractivity contribution is 5.94. The molecule has 1 aliphatic rings. The first-order valence-corrected chi connectivity index (χ1v) is 8.91. The van der Waals surface area contributed by atoms with E-state index < -0.39 is 0 Å². The summed E-state index contributed by atoms with van der Waals surface area (Å²) < 4.78 is 0. The Bertz CT molecular complexity index is 884. The Morgan fingerprint density at radius 1 is 1.23 bits per heavy atom. The number of para-hydroxylation sites is 2. The van der Waals surface area contributed by atoms with Gasteiger partial charge in [0.15, 0.2) is 0 Å². The largest absolute Gasteiger partial charge is 0.399 e. The minimum atomic E-state index is -0.0529. The van der Waals surface area contributed by atoms with Crippen molar-refractivity contribution in [2.75, 3.05) is 19.3 Å². The van der Waals surface area contributed by atoms with Crippen molar-refractivity contribution < 1.29 is 4.79 Å². The van der Waals surface area contributed by atoms with Crippen molar-refractivity contribution in [3.63, 3.8) is 0 Å². The summed E-state index contributed by atoms with van der Waals surface area (Å²) in [6.07, 6.45) is 1.75. The highest BCUT2D eigenvalue weighted by atomic mass is 16.1. The van der Waals surface area contributed by atoms with E-state index in [0.29, 0.717) is 11.3 Å². The molecule has 26 heavy (non-hydrogen) atoms. The maximum absolute atomic E-state index is 12.5. The molecule has 2 heterocycles. The number of likely N-dealkylation sites (tertiary alicyclic amines) is 1. The molecule has 0 saturated carbocycles. The van der Waals surface area contributed by atoms with E-state index in [2.05, 4.69) is 22.2 Å². The lowest BCUT2D eigenvalue weighted by atomic mass is 9.96. The van der Waals surface area contributed by atoms with Crippen molar-refractivity contribution in [3.8, 4) is 0 Å². The fraction of sp³-hybridized carbons (Fsp3) is 0.300. The molecule has 3 aromatic rings. The Kier molecular flexibility index (Phi) is 4.34. The molecular formula is C20H23N5O. The molecule has 1 aromatic heterocycles. The van der Waals surface area contributed by atoms with Gasteiger partial charge in [-0.05, 0) is 56.3 Å². The zero-order chi connectivity index (χ0) is 18.1. The first-order valence-electron chi connectivity index (χ1n) is 8.91. The molecule has 6 heteroatoms. The third-order valence-corrected chi connectivity index (χ3v) is 5.10. The second-order valence-corrected chi connectivity index (χ2v) is 6.95. The SMILES string of the molecule is CN1CCC(NC(=O)c2ccc(N)cc2)C[C@@H]1c1nc2ccccc2[nH]1. The number of carbonyl (C=O) groups is 1. The van der Waals surface area contributed by atoms with Crippen LogP contribution in [0.15, 0.2) is 48.5 Å². The second kappa shape index (κ2) is 6.80. The topological polar surface area (TPSA) is 87.0 Å². The van der Waals surface area contributed by atoms with E-state index in [9.17, 15) is 4.79 Å². The predicted molar refractivity (Wildman–Crippen MR) is 103 cm³/mol. The molecule has 1 fully saturated rings. The van der Waals surface area contributed by atoms with Gasteiger partial charge in [-0.25, -0.2) is 4.98 Å². The number of aromatic amines is 1. The minimum absolute atomic E-state index is 0.0529. The number of benzene rings is 2. The predicted octanol–water partition coefficient (Wildman–Crippen LogP) is 2.71. The van der Waals surface area contributed by atoms with Crippen molar-refractivity contribution in [2.45, 2.75) is 24.9 Å². The van der Waals surface area contributed by atoms with Gasteiger partial charge in [0.2, 0.25) is 0 Å². The van der Waals surface area contributed by atoms with Crippen LogP contribution in [-0.4, -0.2) is 40.4 Å². The number of carbonyl (C=O) groups excluding carboxylic acids is 1. The van der Waals surface area contributed by atoms with Crippen molar-refractivity contribution in [3.05, 3.63) is 59.9 Å². The average molecular weight is 349 g/mol. The molecule has 1 aliphatic heterocycles. The van der Waals surface area contributed by atoms with Gasteiger partial charge in [0.25, 0.3) is 5.91 Å². The standard InChI is InChI=1S/C20H23N5O/c1-25-11-10-15(22-20(26)13-6-8-14(21)9-7-13)12-18(25)19-23-16-4-2-3-5-17(16)24-19/h2-9,15,18H,10-12,21H2,1H3,(H,22,26)(H,23,24)/t15?,18-/m1/s1. The molecule has 0 bridgehead atoms. The van der Waals surface area contributed by atoms with E-state index in [0.717, 1.165) is 36.2 Å². The number of nitrogen functional groups attached to an aromatic ring is 1. The van der Waals surface area contributed by atoms with Crippen LogP contribution >= 0.6 is 0 Å². The number of imidazole rings is 1. The van der Waals surface area contributed by atoms with Gasteiger partial charge in [-0.1, -0.05) is 12.1 Å². The molecule has 2 aromatic carbocycles. The lowest BCUT2D eigenvalue weighted by Crippen LogP contribution is -2.45. The number of aromatic nitrogens is 2. The van der Waals surface area contributed by atoms with Gasteiger partial charge in [0.1, 0.15) is 5.82 Å². The summed E-state index contributed by atoms with van der Waals surface area (Å²) in [6.45, 7) is 0.911. The Morgan fingerprint density at radius 2 is 2.00 bits per heavy atom. The maximum Gasteiger partial charge on any atom is 0.251 e. The van der Waals surface area contributed by atoms with Gasteiger partial charge in [-0.2, -0.15) is 0 Å². The fourth-order valence-corrected chi connectivity index (χ4v) is 3.57. The Labute approximate surface area is 152 Å². The molecule has 6 nitrogen and oxygen atoms in total. The molecule has 0 aliphatic carbocycles. The van der Waals surface area contributed by atoms with Crippen LogP contribution in [0.5, 0.6) is 0 Å². The molecular weight excluding hydrogens is 326 g/mol. The highest BCUT2D eigenvalue weighted by Crippen LogP contribution is 2.29. The van der Waals surface area contributed by atoms with Crippen LogP contribution < -0.4 is 11.1 Å². The zero-order valence-corrected chi connectivity index (χ0v) is 14.8. The summed E-state index contributed by atoms with van der Waals surface area (Å²) in [5.74, 6) is 0.906. The first kappa shape index (κ1) is 16.6. The lowest BCUT2D eigenvalue weighted by Gasteiger charge is -2.36. The number of nitrogens with zero attached hydrogens (tertiary/aromatic N) is 2. The average Bonchev–Trinajstić information content (AvgIpc) is 3.07. The number of anilines is 1. The van der Waals surface area contributed by atoms with Gasteiger partial charge >= 0.3 is 0 Å². The molecule has 1 saturated heterocycles. The fourth-order valence-electron chi connectivity index (χ4n) is 3.57. The summed E-state index contributed by atoms with van der Waals surface area (Å²) >= 11 is 0. The third-order valence-electron chi connectivity index (χ3n) is 5.10. The van der Waals surface area contributed by atoms with E-state index in [1.54, 1.807) is 24.3 Å². The number of fused-ring (bicyclic) bond motifs is 1. The normalized spacial score (nSPS) is 21.0. The lowest BCUT2D eigenvalue weighted by molar-refractivity contribution is 0.0884. The van der Waals surface area contributed by atoms with E-state index in [1.165, 1.54) is 0 Å². The molecule has 2 atom stereocenters. The molecule has 0 radical (unpaired) electrons. The number of hydrogen-bond donors (Lipinski definition) is 3. The molecule has 1 amide bonds. The van der Waals surface area contributed by atoms with Gasteiger partial charge in [-0.3, -0.25) is 9.69 Å². The number of nitrogens with two attached hydrogens (primary N) is 1. The van der Waals surface area contributed by atoms with Crippen LogP contribution in [0.4, 0.5) is 5.69 Å². The number of amides is 1. The number of nitrogens with one attached hydrogen (secondary N) is 2.